The molecule has 0 saturated carbocycles. The fraction of sp³-hybridized carbons (Fsp3) is 0.333. The largest absolute Gasteiger partial charge is 0.493 e. The molecule has 2 heteroatoms. The minimum atomic E-state index is 0.665. The summed E-state index contributed by atoms with van der Waals surface area (Å²) in [5.41, 5.74) is 1.14. The second-order valence-corrected chi connectivity index (χ2v) is 3.93. The second kappa shape index (κ2) is 5.09. The second-order valence-electron chi connectivity index (χ2n) is 3.93. The van der Waals surface area contributed by atoms with E-state index in [1.807, 2.05) is 26.0 Å². The fourth-order valence-electron chi connectivity index (χ4n) is 2.02. The summed E-state index contributed by atoms with van der Waals surface area (Å²) in [6.07, 6.45) is 0. The van der Waals surface area contributed by atoms with Crippen molar-refractivity contribution < 1.29 is 9.47 Å². The van der Waals surface area contributed by atoms with Crippen LogP contribution in [0.5, 0.6) is 11.5 Å². The highest BCUT2D eigenvalue weighted by molar-refractivity contribution is 5.94. The van der Waals surface area contributed by atoms with Crippen molar-refractivity contribution in [3.05, 3.63) is 35.9 Å². The Labute approximate surface area is 102 Å². The van der Waals surface area contributed by atoms with Gasteiger partial charge in [-0.25, -0.2) is 0 Å². The molecule has 0 unspecified atom stereocenters. The van der Waals surface area contributed by atoms with Gasteiger partial charge in [0.15, 0.2) is 0 Å². The maximum atomic E-state index is 5.76. The van der Waals surface area contributed by atoms with Gasteiger partial charge in [0.25, 0.3) is 0 Å². The molecule has 0 aliphatic heterocycles. The van der Waals surface area contributed by atoms with Crippen LogP contribution >= 0.6 is 0 Å². The van der Waals surface area contributed by atoms with Crippen molar-refractivity contribution in [1.82, 2.24) is 0 Å². The Hall–Kier alpha value is -1.70. The minimum Gasteiger partial charge on any atom is -0.493 e. The molecule has 90 valence electrons. The first-order chi connectivity index (χ1) is 8.27. The standard InChI is InChI=1S/C15H18O2/c1-4-16-13-8-6-7-12-10-9-11(3)15(14(12)13)17-5-2/h6-10H,4-5H2,1-3H3. The molecule has 0 bridgehead atoms. The quantitative estimate of drug-likeness (QED) is 0.792. The van der Waals surface area contributed by atoms with Gasteiger partial charge in [0, 0.05) is 0 Å². The third-order valence-corrected chi connectivity index (χ3v) is 2.75. The van der Waals surface area contributed by atoms with Crippen LogP contribution in [0.15, 0.2) is 30.3 Å². The van der Waals surface area contributed by atoms with E-state index in [9.17, 15) is 0 Å². The lowest BCUT2D eigenvalue weighted by Gasteiger charge is -2.14. The molecule has 2 nitrogen and oxygen atoms in total. The van der Waals surface area contributed by atoms with Crippen molar-refractivity contribution >= 4 is 10.8 Å². The molecule has 0 aliphatic carbocycles. The van der Waals surface area contributed by atoms with Gasteiger partial charge < -0.3 is 9.47 Å². The summed E-state index contributed by atoms with van der Waals surface area (Å²) in [6, 6.07) is 10.3. The number of hydrogen-bond acceptors (Lipinski definition) is 2. The molecule has 0 amide bonds. The molecule has 0 saturated heterocycles. The first kappa shape index (κ1) is 11.8. The summed E-state index contributed by atoms with van der Waals surface area (Å²) in [4.78, 5) is 0. The van der Waals surface area contributed by atoms with Crippen LogP contribution in [-0.4, -0.2) is 13.2 Å². The molecule has 0 aliphatic rings. The summed E-state index contributed by atoms with van der Waals surface area (Å²) < 4.78 is 11.4. The number of rotatable bonds is 4. The van der Waals surface area contributed by atoms with Crippen LogP contribution in [0.2, 0.25) is 0 Å². The molecular formula is C15H18O2. The van der Waals surface area contributed by atoms with E-state index in [1.54, 1.807) is 0 Å². The zero-order valence-electron chi connectivity index (χ0n) is 10.6. The van der Waals surface area contributed by atoms with Gasteiger partial charge in [-0.2, -0.15) is 0 Å². The predicted octanol–water partition coefficient (Wildman–Crippen LogP) is 3.95. The lowest BCUT2D eigenvalue weighted by Crippen LogP contribution is -1.98. The highest BCUT2D eigenvalue weighted by Crippen LogP contribution is 2.36. The Morgan fingerprint density at radius 1 is 0.941 bits per heavy atom. The molecule has 0 radical (unpaired) electrons. The van der Waals surface area contributed by atoms with E-state index in [0.29, 0.717) is 13.2 Å². The van der Waals surface area contributed by atoms with Crippen LogP contribution in [0.25, 0.3) is 10.8 Å². The zero-order chi connectivity index (χ0) is 12.3. The molecule has 0 atom stereocenters. The van der Waals surface area contributed by atoms with E-state index in [2.05, 4.69) is 25.1 Å². The lowest BCUT2D eigenvalue weighted by molar-refractivity contribution is 0.330. The van der Waals surface area contributed by atoms with E-state index in [4.69, 9.17) is 9.47 Å². The number of aryl methyl sites for hydroxylation is 1. The lowest BCUT2D eigenvalue weighted by atomic mass is 10.1. The van der Waals surface area contributed by atoms with Gasteiger partial charge in [0.2, 0.25) is 0 Å². The predicted molar refractivity (Wildman–Crippen MR) is 71.0 cm³/mol. The van der Waals surface area contributed by atoms with Crippen LogP contribution in [0, 0.1) is 6.92 Å². The Balaban J connectivity index is 2.70. The van der Waals surface area contributed by atoms with E-state index in [0.717, 1.165) is 27.8 Å². The van der Waals surface area contributed by atoms with Crippen molar-refractivity contribution in [1.29, 1.82) is 0 Å². The average molecular weight is 230 g/mol. The number of ether oxygens (including phenoxy) is 2. The van der Waals surface area contributed by atoms with Crippen molar-refractivity contribution in [3.8, 4) is 11.5 Å². The van der Waals surface area contributed by atoms with Gasteiger partial charge in [0.1, 0.15) is 11.5 Å². The van der Waals surface area contributed by atoms with E-state index >= 15 is 0 Å². The molecule has 2 rings (SSSR count). The number of fused-ring (bicyclic) bond motifs is 1. The van der Waals surface area contributed by atoms with E-state index in [1.165, 1.54) is 0 Å². The first-order valence-corrected chi connectivity index (χ1v) is 6.05. The van der Waals surface area contributed by atoms with Crippen LogP contribution in [0.4, 0.5) is 0 Å². The van der Waals surface area contributed by atoms with E-state index in [-0.39, 0.29) is 0 Å². The minimum absolute atomic E-state index is 0.665. The highest BCUT2D eigenvalue weighted by atomic mass is 16.5. The molecule has 0 heterocycles. The first-order valence-electron chi connectivity index (χ1n) is 6.05. The van der Waals surface area contributed by atoms with Gasteiger partial charge in [-0.05, 0) is 37.8 Å². The van der Waals surface area contributed by atoms with Crippen molar-refractivity contribution in [3.63, 3.8) is 0 Å². The van der Waals surface area contributed by atoms with Gasteiger partial charge >= 0.3 is 0 Å². The molecule has 2 aromatic carbocycles. The maximum absolute atomic E-state index is 5.76. The van der Waals surface area contributed by atoms with Crippen molar-refractivity contribution in [2.24, 2.45) is 0 Å². The van der Waals surface area contributed by atoms with Gasteiger partial charge in [-0.1, -0.05) is 24.3 Å². The SMILES string of the molecule is CCOc1cccc2ccc(C)c(OCC)c12. The number of benzene rings is 2. The zero-order valence-corrected chi connectivity index (χ0v) is 10.6. The topological polar surface area (TPSA) is 18.5 Å². The molecule has 0 N–H and O–H groups in total. The third kappa shape index (κ3) is 2.21. The Morgan fingerprint density at radius 3 is 2.41 bits per heavy atom. The highest BCUT2D eigenvalue weighted by Gasteiger charge is 2.10. The van der Waals surface area contributed by atoms with E-state index < -0.39 is 0 Å². The van der Waals surface area contributed by atoms with Gasteiger partial charge in [0.05, 0.1) is 18.6 Å². The number of hydrogen-bond donors (Lipinski definition) is 0. The van der Waals surface area contributed by atoms with Crippen LogP contribution in [0.3, 0.4) is 0 Å². The molecule has 2 aromatic rings. The fourth-order valence-corrected chi connectivity index (χ4v) is 2.02. The van der Waals surface area contributed by atoms with Crippen LogP contribution < -0.4 is 9.47 Å². The Bertz CT molecular complexity index is 518. The summed E-state index contributed by atoms with van der Waals surface area (Å²) in [5.74, 6) is 1.84. The summed E-state index contributed by atoms with van der Waals surface area (Å²) in [7, 11) is 0. The molecule has 0 spiro atoms. The van der Waals surface area contributed by atoms with Crippen molar-refractivity contribution in [2.45, 2.75) is 20.8 Å². The summed E-state index contributed by atoms with van der Waals surface area (Å²) >= 11 is 0. The summed E-state index contributed by atoms with van der Waals surface area (Å²) in [5, 5.41) is 2.24. The monoisotopic (exact) mass is 230 g/mol. The average Bonchev–Trinajstić information content (AvgIpc) is 2.34. The Morgan fingerprint density at radius 2 is 1.71 bits per heavy atom. The van der Waals surface area contributed by atoms with Crippen LogP contribution in [0.1, 0.15) is 19.4 Å². The molecule has 0 fully saturated rings. The van der Waals surface area contributed by atoms with Crippen molar-refractivity contribution in [2.75, 3.05) is 13.2 Å². The van der Waals surface area contributed by atoms with Crippen LogP contribution in [-0.2, 0) is 0 Å². The third-order valence-electron chi connectivity index (χ3n) is 2.75. The molecule has 17 heavy (non-hydrogen) atoms. The normalized spacial score (nSPS) is 10.5. The summed E-state index contributed by atoms with van der Waals surface area (Å²) in [6.45, 7) is 7.39. The Kier molecular flexibility index (Phi) is 3.52. The maximum Gasteiger partial charge on any atom is 0.133 e. The molecular weight excluding hydrogens is 212 g/mol. The smallest absolute Gasteiger partial charge is 0.133 e. The van der Waals surface area contributed by atoms with Gasteiger partial charge in [-0.15, -0.1) is 0 Å². The molecule has 0 aromatic heterocycles. The van der Waals surface area contributed by atoms with Gasteiger partial charge in [-0.3, -0.25) is 0 Å².